The van der Waals surface area contributed by atoms with E-state index in [2.05, 4.69) is 13.1 Å². The van der Waals surface area contributed by atoms with Gasteiger partial charge >= 0.3 is 29.2 Å². The normalized spacial score (nSPS) is 28.2. The fourth-order valence-corrected chi connectivity index (χ4v) is 5.73. The molecule has 7 N–H and O–H groups in total. The number of ether oxygens (including phenoxy) is 1. The number of hydrogen-bond donors (Lipinski definition) is 6. The van der Waals surface area contributed by atoms with Crippen LogP contribution in [0.25, 0.3) is 0 Å². The summed E-state index contributed by atoms with van der Waals surface area (Å²) in [6.45, 7) is 1.64. The lowest BCUT2D eigenvalue weighted by Crippen LogP contribution is -2.46. The molecule has 1 saturated heterocycles. The van der Waals surface area contributed by atoms with Crippen molar-refractivity contribution >= 4 is 23.5 Å². The Morgan fingerprint density at radius 1 is 1.19 bits per heavy atom. The van der Waals surface area contributed by atoms with E-state index in [1.165, 1.54) is 13.8 Å². The van der Waals surface area contributed by atoms with E-state index in [1.54, 1.807) is 0 Å². The van der Waals surface area contributed by atoms with Crippen molar-refractivity contribution in [3.05, 3.63) is 32.6 Å². The maximum atomic E-state index is 12.2. The summed E-state index contributed by atoms with van der Waals surface area (Å²) in [6, 6.07) is 0. The maximum Gasteiger partial charge on any atom is 0.490 e. The van der Waals surface area contributed by atoms with Crippen LogP contribution in [-0.2, 0) is 31.6 Å². The van der Waals surface area contributed by atoms with Crippen molar-refractivity contribution in [1.29, 1.82) is 0 Å². The largest absolute Gasteiger partial charge is 0.490 e. The van der Waals surface area contributed by atoms with Crippen LogP contribution in [0.2, 0.25) is 0 Å². The molecule has 20 heteroatoms. The van der Waals surface area contributed by atoms with E-state index in [0.717, 1.165) is 10.8 Å². The zero-order valence-electron chi connectivity index (χ0n) is 15.9. The molecule has 0 amide bonds. The van der Waals surface area contributed by atoms with Crippen molar-refractivity contribution < 1.29 is 56.3 Å². The Hall–Kier alpha value is -1.19. The molecule has 1 aliphatic heterocycles. The molecule has 0 bridgehead atoms. The van der Waals surface area contributed by atoms with Crippen LogP contribution in [0.5, 0.6) is 0 Å². The zero-order chi connectivity index (χ0) is 24.0. The van der Waals surface area contributed by atoms with E-state index in [0.29, 0.717) is 4.68 Å². The number of nitrogen functional groups attached to an aromatic ring is 1. The molecule has 0 aliphatic carbocycles. The minimum absolute atomic E-state index is 0.0852. The summed E-state index contributed by atoms with van der Waals surface area (Å²) >= 11 is 0. The highest BCUT2D eigenvalue weighted by atomic mass is 31.3. The fraction of sp³-hybridized carbons (Fsp3) is 0.636. The lowest BCUT2D eigenvalue weighted by atomic mass is 10.0. The quantitative estimate of drug-likeness (QED) is 0.170. The first-order chi connectivity index (χ1) is 13.9. The minimum atomic E-state index is -5.71. The van der Waals surface area contributed by atoms with Crippen LogP contribution in [0.1, 0.15) is 25.1 Å². The van der Waals surface area contributed by atoms with Crippen molar-refractivity contribution in [2.75, 3.05) is 12.4 Å². The Bertz CT molecular complexity index is 1110. The molecule has 2 rings (SSSR count). The SMILES string of the molecule is Cc1cn([C@H]2CC(O)[C@@](C)(COP(=O)(O)OP(=O)(O)OP(=O)(O)O)O2)c(=O)n(N)c1=O. The van der Waals surface area contributed by atoms with Gasteiger partial charge in [0.25, 0.3) is 5.56 Å². The molecule has 5 atom stereocenters. The topological polar surface area (TPSA) is 259 Å². The number of nitrogens with two attached hydrogens (primary N) is 1. The van der Waals surface area contributed by atoms with Gasteiger partial charge in [0.15, 0.2) is 0 Å². The zero-order valence-corrected chi connectivity index (χ0v) is 18.6. The van der Waals surface area contributed by atoms with Crippen molar-refractivity contribution in [2.24, 2.45) is 0 Å². The van der Waals surface area contributed by atoms with Crippen LogP contribution in [0.4, 0.5) is 0 Å². The fourth-order valence-electron chi connectivity index (χ4n) is 2.62. The molecule has 0 saturated carbocycles. The summed E-state index contributed by atoms with van der Waals surface area (Å²) in [7, 11) is -16.7. The first kappa shape index (κ1) is 26.1. The van der Waals surface area contributed by atoms with Gasteiger partial charge in [0.1, 0.15) is 11.8 Å². The average Bonchev–Trinajstić information content (AvgIpc) is 2.87. The molecular weight excluding hydrogens is 491 g/mol. The molecule has 178 valence electrons. The van der Waals surface area contributed by atoms with Crippen molar-refractivity contribution in [2.45, 2.75) is 38.2 Å². The number of nitrogens with zero attached hydrogens (tertiary/aromatic N) is 2. The van der Waals surface area contributed by atoms with Gasteiger partial charge in [-0.15, -0.1) is 0 Å². The Morgan fingerprint density at radius 2 is 1.77 bits per heavy atom. The standard InChI is InChI=1S/C11H20N3O14P3/c1-6-4-13(10(17)14(12)9(6)16)8-3-7(15)11(2,26-8)5-25-30(21,22)28-31(23,24)27-29(18,19)20/h4,7-8,15H,3,5,12H2,1-2H3,(H,21,22)(H,23,24)(H2,18,19,20)/t7?,8-,11-/m1/s1. The van der Waals surface area contributed by atoms with Gasteiger partial charge in [-0.2, -0.15) is 13.3 Å². The van der Waals surface area contributed by atoms with Gasteiger partial charge in [-0.25, -0.2) is 18.5 Å². The van der Waals surface area contributed by atoms with E-state index in [-0.39, 0.29) is 12.0 Å². The summed E-state index contributed by atoms with van der Waals surface area (Å²) in [5, 5.41) is 10.3. The second kappa shape index (κ2) is 8.63. The first-order valence-corrected chi connectivity index (χ1v) is 12.6. The Kier molecular flexibility index (Phi) is 7.26. The third-order valence-electron chi connectivity index (χ3n) is 4.09. The van der Waals surface area contributed by atoms with Gasteiger partial charge in [-0.1, -0.05) is 0 Å². The lowest BCUT2D eigenvalue weighted by Gasteiger charge is -2.28. The molecule has 2 heterocycles. The van der Waals surface area contributed by atoms with Crippen LogP contribution < -0.4 is 17.1 Å². The van der Waals surface area contributed by atoms with E-state index in [1.807, 2.05) is 0 Å². The predicted octanol–water partition coefficient (Wildman–Crippen LogP) is -1.59. The number of phosphoric ester groups is 1. The number of phosphoric acid groups is 3. The molecule has 0 spiro atoms. The van der Waals surface area contributed by atoms with Crippen LogP contribution >= 0.6 is 23.5 Å². The average molecular weight is 511 g/mol. The van der Waals surface area contributed by atoms with E-state index in [9.17, 15) is 33.3 Å². The van der Waals surface area contributed by atoms with Crippen LogP contribution in [-0.4, -0.2) is 52.2 Å². The van der Waals surface area contributed by atoms with Gasteiger partial charge in [-0.05, 0) is 13.8 Å². The van der Waals surface area contributed by atoms with E-state index in [4.69, 9.17) is 25.3 Å². The smallest absolute Gasteiger partial charge is 0.390 e. The van der Waals surface area contributed by atoms with Gasteiger partial charge in [0.2, 0.25) is 0 Å². The molecule has 1 aromatic rings. The molecule has 17 nitrogen and oxygen atoms in total. The number of aromatic nitrogens is 2. The molecule has 1 aromatic heterocycles. The van der Waals surface area contributed by atoms with Gasteiger partial charge in [0, 0.05) is 18.2 Å². The summed E-state index contributed by atoms with van der Waals surface area (Å²) < 4.78 is 52.2. The van der Waals surface area contributed by atoms with Crippen molar-refractivity contribution in [3.63, 3.8) is 0 Å². The Morgan fingerprint density at radius 3 is 2.32 bits per heavy atom. The van der Waals surface area contributed by atoms with Gasteiger partial charge < -0.3 is 35.3 Å². The van der Waals surface area contributed by atoms with E-state index < -0.39 is 59.3 Å². The number of aliphatic hydroxyl groups excluding tert-OH is 1. The number of aliphatic hydroxyl groups is 1. The van der Waals surface area contributed by atoms with Crippen LogP contribution in [0.3, 0.4) is 0 Å². The van der Waals surface area contributed by atoms with Crippen LogP contribution in [0.15, 0.2) is 15.8 Å². The molecule has 1 fully saturated rings. The monoisotopic (exact) mass is 511 g/mol. The highest BCUT2D eigenvalue weighted by Gasteiger charge is 2.48. The number of aryl methyl sites for hydroxylation is 1. The van der Waals surface area contributed by atoms with Crippen LogP contribution in [0, 0.1) is 6.92 Å². The summed E-state index contributed by atoms with van der Waals surface area (Å²) in [6.07, 6.45) is -1.69. The molecule has 31 heavy (non-hydrogen) atoms. The highest BCUT2D eigenvalue weighted by Crippen LogP contribution is 2.66. The van der Waals surface area contributed by atoms with Crippen molar-refractivity contribution in [1.82, 2.24) is 9.24 Å². The predicted molar refractivity (Wildman–Crippen MR) is 98.8 cm³/mol. The maximum absolute atomic E-state index is 12.2. The number of rotatable bonds is 8. The Balaban J connectivity index is 2.15. The molecule has 3 unspecified atom stereocenters. The molecule has 1 aliphatic rings. The number of hydrogen-bond acceptors (Lipinski definition) is 11. The summed E-state index contributed by atoms with van der Waals surface area (Å²) in [5.41, 5.74) is -3.40. The third kappa shape index (κ3) is 6.42. The molecular formula is C11H20N3O14P3. The van der Waals surface area contributed by atoms with Gasteiger partial charge in [-0.3, -0.25) is 13.9 Å². The molecule has 0 radical (unpaired) electrons. The lowest BCUT2D eigenvalue weighted by molar-refractivity contribution is -0.115. The second-order valence-corrected chi connectivity index (χ2v) is 11.1. The minimum Gasteiger partial charge on any atom is -0.390 e. The highest BCUT2D eigenvalue weighted by molar-refractivity contribution is 7.66. The first-order valence-electron chi connectivity index (χ1n) is 8.10. The summed E-state index contributed by atoms with van der Waals surface area (Å²) in [4.78, 5) is 59.6. The van der Waals surface area contributed by atoms with Crippen molar-refractivity contribution in [3.8, 4) is 0 Å². The third-order valence-corrected chi connectivity index (χ3v) is 7.87. The van der Waals surface area contributed by atoms with E-state index >= 15 is 0 Å². The second-order valence-electron chi connectivity index (χ2n) is 6.68. The Labute approximate surface area is 173 Å². The molecule has 0 aromatic carbocycles. The van der Waals surface area contributed by atoms with Gasteiger partial charge in [0.05, 0.1) is 12.7 Å². The summed E-state index contributed by atoms with van der Waals surface area (Å²) in [5.74, 6) is 5.40.